The van der Waals surface area contributed by atoms with Gasteiger partial charge in [0.15, 0.2) is 0 Å². The van der Waals surface area contributed by atoms with Crippen LogP contribution in [0.5, 0.6) is 0 Å². The monoisotopic (exact) mass is 277 g/mol. The summed E-state index contributed by atoms with van der Waals surface area (Å²) in [7, 11) is 0. The van der Waals surface area contributed by atoms with E-state index in [4.69, 9.17) is 5.11 Å². The van der Waals surface area contributed by atoms with Crippen molar-refractivity contribution < 1.29 is 14.8 Å². The third kappa shape index (κ3) is 3.05. The summed E-state index contributed by atoms with van der Waals surface area (Å²) < 4.78 is 0. The number of nitro groups is 1. The second-order valence-electron chi connectivity index (χ2n) is 3.39. The minimum Gasteiger partial charge on any atom is -0.477 e. The highest BCUT2D eigenvalue weighted by Gasteiger charge is 2.20. The summed E-state index contributed by atoms with van der Waals surface area (Å²) in [6.45, 7) is 0. The first kappa shape index (κ1) is 13.0. The van der Waals surface area contributed by atoms with Crippen LogP contribution in [-0.2, 0) is 0 Å². The largest absolute Gasteiger partial charge is 0.477 e. The SMILES string of the molecule is O=C(O)c1cc(Sc2cnccn2)ccc1[N+](=O)[O-]. The number of benzene rings is 1. The molecule has 0 radical (unpaired) electrons. The molecule has 0 spiro atoms. The molecule has 1 aromatic carbocycles. The Balaban J connectivity index is 2.36. The summed E-state index contributed by atoms with van der Waals surface area (Å²) >= 11 is 1.18. The van der Waals surface area contributed by atoms with Crippen LogP contribution in [0, 0.1) is 10.1 Å². The van der Waals surface area contributed by atoms with Crippen molar-refractivity contribution in [2.24, 2.45) is 0 Å². The van der Waals surface area contributed by atoms with E-state index < -0.39 is 16.6 Å². The fourth-order valence-corrected chi connectivity index (χ4v) is 2.15. The molecule has 0 aliphatic rings. The van der Waals surface area contributed by atoms with E-state index in [1.807, 2.05) is 0 Å². The number of aromatic nitrogens is 2. The molecule has 8 heteroatoms. The van der Waals surface area contributed by atoms with Crippen molar-refractivity contribution in [1.29, 1.82) is 0 Å². The topological polar surface area (TPSA) is 106 Å². The smallest absolute Gasteiger partial charge is 0.342 e. The van der Waals surface area contributed by atoms with Crippen molar-refractivity contribution in [1.82, 2.24) is 9.97 Å². The average Bonchev–Trinajstić information content (AvgIpc) is 2.39. The van der Waals surface area contributed by atoms with Gasteiger partial charge in [-0.3, -0.25) is 15.1 Å². The molecule has 0 aliphatic carbocycles. The van der Waals surface area contributed by atoms with Crippen molar-refractivity contribution in [2.75, 3.05) is 0 Å². The first-order chi connectivity index (χ1) is 9.08. The molecule has 0 bridgehead atoms. The second-order valence-corrected chi connectivity index (χ2v) is 4.48. The highest BCUT2D eigenvalue weighted by molar-refractivity contribution is 7.99. The molecule has 0 aliphatic heterocycles. The maximum absolute atomic E-state index is 11.0. The second kappa shape index (κ2) is 5.44. The number of nitrogens with zero attached hydrogens (tertiary/aromatic N) is 3. The van der Waals surface area contributed by atoms with Crippen LogP contribution in [-0.4, -0.2) is 26.0 Å². The van der Waals surface area contributed by atoms with Gasteiger partial charge < -0.3 is 5.11 Å². The molecule has 0 saturated heterocycles. The van der Waals surface area contributed by atoms with Gasteiger partial charge in [-0.1, -0.05) is 11.8 Å². The maximum atomic E-state index is 11.0. The zero-order chi connectivity index (χ0) is 13.8. The summed E-state index contributed by atoms with van der Waals surface area (Å²) in [6.07, 6.45) is 4.54. The van der Waals surface area contributed by atoms with Gasteiger partial charge in [-0.05, 0) is 12.1 Å². The molecular formula is C11H7N3O4S. The number of hydrogen-bond acceptors (Lipinski definition) is 6. The van der Waals surface area contributed by atoms with E-state index in [1.165, 1.54) is 48.6 Å². The molecule has 0 unspecified atom stereocenters. The number of nitro benzene ring substituents is 1. The van der Waals surface area contributed by atoms with Gasteiger partial charge in [0.2, 0.25) is 0 Å². The lowest BCUT2D eigenvalue weighted by atomic mass is 10.2. The number of carboxylic acid groups (broad SMARTS) is 1. The van der Waals surface area contributed by atoms with Gasteiger partial charge in [0.05, 0.1) is 11.1 Å². The predicted molar refractivity (Wildman–Crippen MR) is 66.2 cm³/mol. The maximum Gasteiger partial charge on any atom is 0.342 e. The first-order valence-corrected chi connectivity index (χ1v) is 5.85. The lowest BCUT2D eigenvalue weighted by molar-refractivity contribution is -0.385. The van der Waals surface area contributed by atoms with Crippen molar-refractivity contribution in [3.05, 3.63) is 52.5 Å². The highest BCUT2D eigenvalue weighted by Crippen LogP contribution is 2.29. The van der Waals surface area contributed by atoms with Crippen molar-refractivity contribution in [2.45, 2.75) is 9.92 Å². The number of rotatable bonds is 4. The normalized spacial score (nSPS) is 10.1. The Morgan fingerprint density at radius 2 is 2.16 bits per heavy atom. The van der Waals surface area contributed by atoms with Crippen LogP contribution in [0.3, 0.4) is 0 Å². The van der Waals surface area contributed by atoms with Crippen molar-refractivity contribution >= 4 is 23.4 Å². The molecule has 19 heavy (non-hydrogen) atoms. The zero-order valence-electron chi connectivity index (χ0n) is 9.39. The number of aromatic carboxylic acids is 1. The van der Waals surface area contributed by atoms with Crippen LogP contribution in [0.4, 0.5) is 5.69 Å². The van der Waals surface area contributed by atoms with E-state index in [2.05, 4.69) is 9.97 Å². The van der Waals surface area contributed by atoms with Crippen LogP contribution in [0.15, 0.2) is 46.7 Å². The Morgan fingerprint density at radius 3 is 2.74 bits per heavy atom. The lowest BCUT2D eigenvalue weighted by Gasteiger charge is -2.02. The third-order valence-electron chi connectivity index (χ3n) is 2.16. The molecule has 7 nitrogen and oxygen atoms in total. The molecule has 2 rings (SSSR count). The van der Waals surface area contributed by atoms with Crippen LogP contribution in [0.1, 0.15) is 10.4 Å². The van der Waals surface area contributed by atoms with Gasteiger partial charge in [-0.25, -0.2) is 9.78 Å². The Hall–Kier alpha value is -2.48. The molecule has 1 N–H and O–H groups in total. The summed E-state index contributed by atoms with van der Waals surface area (Å²) in [5.74, 6) is -1.34. The average molecular weight is 277 g/mol. The van der Waals surface area contributed by atoms with E-state index in [0.29, 0.717) is 9.92 Å². The van der Waals surface area contributed by atoms with Gasteiger partial charge in [0, 0.05) is 23.4 Å². The van der Waals surface area contributed by atoms with Crippen LogP contribution in [0.25, 0.3) is 0 Å². The minimum absolute atomic E-state index is 0.348. The van der Waals surface area contributed by atoms with Crippen molar-refractivity contribution in [3.8, 4) is 0 Å². The molecule has 0 saturated carbocycles. The van der Waals surface area contributed by atoms with E-state index >= 15 is 0 Å². The molecule has 1 aromatic heterocycles. The minimum atomic E-state index is -1.34. The third-order valence-corrected chi connectivity index (χ3v) is 3.07. The van der Waals surface area contributed by atoms with E-state index in [0.717, 1.165) is 0 Å². The van der Waals surface area contributed by atoms with Crippen molar-refractivity contribution in [3.63, 3.8) is 0 Å². The van der Waals surface area contributed by atoms with Crippen LogP contribution >= 0.6 is 11.8 Å². The molecule has 96 valence electrons. The first-order valence-electron chi connectivity index (χ1n) is 5.03. The summed E-state index contributed by atoms with van der Waals surface area (Å²) in [5, 5.41) is 20.2. The molecule has 0 amide bonds. The van der Waals surface area contributed by atoms with E-state index in [1.54, 1.807) is 0 Å². The highest BCUT2D eigenvalue weighted by atomic mass is 32.2. The Labute approximate surface area is 111 Å². The number of carboxylic acids is 1. The lowest BCUT2D eigenvalue weighted by Crippen LogP contribution is -2.02. The summed E-state index contributed by atoms with van der Waals surface area (Å²) in [6, 6.07) is 3.89. The molecule has 2 aromatic rings. The molecule has 0 fully saturated rings. The Morgan fingerprint density at radius 1 is 1.37 bits per heavy atom. The number of hydrogen-bond donors (Lipinski definition) is 1. The van der Waals surface area contributed by atoms with Gasteiger partial charge in [-0.15, -0.1) is 0 Å². The summed E-state index contributed by atoms with van der Waals surface area (Å²) in [5.41, 5.74) is -0.783. The zero-order valence-corrected chi connectivity index (χ0v) is 10.2. The molecule has 0 atom stereocenters. The standard InChI is InChI=1S/C11H7N3O4S/c15-11(16)8-5-7(1-2-9(8)14(17)18)19-10-6-12-3-4-13-10/h1-6H,(H,15,16). The van der Waals surface area contributed by atoms with Gasteiger partial charge >= 0.3 is 5.97 Å². The Kier molecular flexibility index (Phi) is 3.71. The van der Waals surface area contributed by atoms with Gasteiger partial charge in [0.1, 0.15) is 10.6 Å². The fourth-order valence-electron chi connectivity index (χ4n) is 1.37. The quantitative estimate of drug-likeness (QED) is 0.674. The molecular weight excluding hydrogens is 270 g/mol. The van der Waals surface area contributed by atoms with Crippen LogP contribution < -0.4 is 0 Å². The van der Waals surface area contributed by atoms with Gasteiger partial charge in [0.25, 0.3) is 5.69 Å². The van der Waals surface area contributed by atoms with E-state index in [9.17, 15) is 14.9 Å². The predicted octanol–water partition coefficient (Wildman–Crippen LogP) is 2.23. The number of carbonyl (C=O) groups is 1. The fraction of sp³-hybridized carbons (Fsp3) is 0. The molecule has 1 heterocycles. The van der Waals surface area contributed by atoms with E-state index in [-0.39, 0.29) is 5.56 Å². The summed E-state index contributed by atoms with van der Waals surface area (Å²) in [4.78, 5) is 29.4. The Bertz CT molecular complexity index is 633. The van der Waals surface area contributed by atoms with Crippen LogP contribution in [0.2, 0.25) is 0 Å². The van der Waals surface area contributed by atoms with Gasteiger partial charge in [-0.2, -0.15) is 0 Å².